The summed E-state index contributed by atoms with van der Waals surface area (Å²) in [5, 5.41) is 8.37. The molecule has 3 rings (SSSR count). The average Bonchev–Trinajstić information content (AvgIpc) is 2.93. The van der Waals surface area contributed by atoms with Crippen LogP contribution < -0.4 is 16.0 Å². The molecule has 4 amide bonds. The Morgan fingerprint density at radius 3 is 2.71 bits per heavy atom. The number of amides is 4. The molecular formula is C19H24N4O5. The van der Waals surface area contributed by atoms with Crippen molar-refractivity contribution < 1.29 is 23.9 Å². The van der Waals surface area contributed by atoms with E-state index in [1.165, 1.54) is 0 Å². The third-order valence-electron chi connectivity index (χ3n) is 4.75. The van der Waals surface area contributed by atoms with Crippen LogP contribution in [-0.2, 0) is 14.3 Å². The zero-order valence-electron chi connectivity index (χ0n) is 15.7. The van der Waals surface area contributed by atoms with E-state index in [0.29, 0.717) is 25.4 Å². The van der Waals surface area contributed by atoms with Gasteiger partial charge in [-0.15, -0.1) is 0 Å². The van der Waals surface area contributed by atoms with E-state index < -0.39 is 29.7 Å². The first-order valence-corrected chi connectivity index (χ1v) is 9.35. The number of nitrogens with zero attached hydrogens (tertiary/aromatic N) is 1. The van der Waals surface area contributed by atoms with Crippen LogP contribution in [0.1, 0.15) is 40.0 Å². The van der Waals surface area contributed by atoms with Gasteiger partial charge in [0.05, 0.1) is 17.7 Å². The van der Waals surface area contributed by atoms with Crippen LogP contribution in [0, 0.1) is 0 Å². The van der Waals surface area contributed by atoms with Gasteiger partial charge in [0.1, 0.15) is 6.04 Å². The van der Waals surface area contributed by atoms with Gasteiger partial charge in [-0.05, 0) is 38.6 Å². The Hall–Kier alpha value is -2.78. The maximum atomic E-state index is 12.9. The number of ether oxygens (including phenoxy) is 1. The molecule has 2 aliphatic rings. The van der Waals surface area contributed by atoms with E-state index in [9.17, 15) is 19.2 Å². The average molecular weight is 388 g/mol. The smallest absolute Gasteiger partial charge is 0.264 e. The Kier molecular flexibility index (Phi) is 6.37. The van der Waals surface area contributed by atoms with E-state index in [0.717, 1.165) is 17.9 Å². The molecule has 2 aliphatic heterocycles. The SMILES string of the molecule is CNCCCOCCNc1cccc2c1C(=O)N(C1CCC(=O)NC1=O)C2=O. The number of fused-ring (bicyclic) bond motifs is 1. The number of carbonyl (C=O) groups is 4. The van der Waals surface area contributed by atoms with Crippen LogP contribution in [-0.4, -0.2) is 67.9 Å². The molecule has 2 heterocycles. The predicted octanol–water partition coefficient (Wildman–Crippen LogP) is 0.126. The highest BCUT2D eigenvalue weighted by Gasteiger charge is 2.45. The summed E-state index contributed by atoms with van der Waals surface area (Å²) in [5.41, 5.74) is 1.05. The monoisotopic (exact) mass is 388 g/mol. The first kappa shape index (κ1) is 20.0. The quantitative estimate of drug-likeness (QED) is 0.406. The van der Waals surface area contributed by atoms with Gasteiger partial charge in [0, 0.05) is 25.3 Å². The van der Waals surface area contributed by atoms with Crippen molar-refractivity contribution in [3.63, 3.8) is 0 Å². The fourth-order valence-electron chi connectivity index (χ4n) is 3.37. The minimum Gasteiger partial charge on any atom is -0.382 e. The lowest BCUT2D eigenvalue weighted by Crippen LogP contribution is -2.54. The number of nitrogens with one attached hydrogen (secondary N) is 3. The summed E-state index contributed by atoms with van der Waals surface area (Å²) in [5.74, 6) is -2.04. The Morgan fingerprint density at radius 2 is 1.96 bits per heavy atom. The number of anilines is 1. The van der Waals surface area contributed by atoms with Crippen molar-refractivity contribution >= 4 is 29.3 Å². The summed E-state index contributed by atoms with van der Waals surface area (Å²) in [6, 6.07) is 4.02. The largest absolute Gasteiger partial charge is 0.382 e. The van der Waals surface area contributed by atoms with Crippen LogP contribution in [0.5, 0.6) is 0 Å². The van der Waals surface area contributed by atoms with Crippen LogP contribution in [0.3, 0.4) is 0 Å². The summed E-state index contributed by atoms with van der Waals surface area (Å²) < 4.78 is 5.52. The third-order valence-corrected chi connectivity index (χ3v) is 4.75. The number of piperidine rings is 1. The molecule has 1 atom stereocenters. The third kappa shape index (κ3) is 4.05. The van der Waals surface area contributed by atoms with Crippen LogP contribution in [0.2, 0.25) is 0 Å². The molecule has 28 heavy (non-hydrogen) atoms. The van der Waals surface area contributed by atoms with Gasteiger partial charge in [-0.1, -0.05) is 6.07 Å². The number of carbonyl (C=O) groups excluding carboxylic acids is 4. The van der Waals surface area contributed by atoms with Crippen molar-refractivity contribution in [2.45, 2.75) is 25.3 Å². The van der Waals surface area contributed by atoms with Gasteiger partial charge in [0.2, 0.25) is 11.8 Å². The molecule has 0 spiro atoms. The molecule has 1 saturated heterocycles. The number of hydrogen-bond acceptors (Lipinski definition) is 7. The Bertz CT molecular complexity index is 795. The molecular weight excluding hydrogens is 364 g/mol. The highest BCUT2D eigenvalue weighted by molar-refractivity contribution is 6.25. The predicted molar refractivity (Wildman–Crippen MR) is 101 cm³/mol. The molecule has 1 aromatic carbocycles. The summed E-state index contributed by atoms with van der Waals surface area (Å²) in [6.07, 6.45) is 1.14. The van der Waals surface area contributed by atoms with Gasteiger partial charge in [-0.2, -0.15) is 0 Å². The number of hydrogen-bond donors (Lipinski definition) is 3. The van der Waals surface area contributed by atoms with Crippen molar-refractivity contribution in [2.24, 2.45) is 0 Å². The van der Waals surface area contributed by atoms with Gasteiger partial charge in [-0.3, -0.25) is 29.4 Å². The van der Waals surface area contributed by atoms with Gasteiger partial charge in [-0.25, -0.2) is 0 Å². The minimum atomic E-state index is -0.964. The van der Waals surface area contributed by atoms with Crippen LogP contribution >= 0.6 is 0 Å². The highest BCUT2D eigenvalue weighted by Crippen LogP contribution is 2.32. The lowest BCUT2D eigenvalue weighted by molar-refractivity contribution is -0.136. The van der Waals surface area contributed by atoms with Crippen LogP contribution in [0.25, 0.3) is 0 Å². The maximum absolute atomic E-state index is 12.9. The van der Waals surface area contributed by atoms with Crippen molar-refractivity contribution in [1.29, 1.82) is 0 Å². The van der Waals surface area contributed by atoms with E-state index in [1.54, 1.807) is 18.2 Å². The topological polar surface area (TPSA) is 117 Å². The van der Waals surface area contributed by atoms with Crippen molar-refractivity contribution in [1.82, 2.24) is 15.5 Å². The van der Waals surface area contributed by atoms with Crippen molar-refractivity contribution in [2.75, 3.05) is 38.7 Å². The second-order valence-electron chi connectivity index (χ2n) is 6.67. The fraction of sp³-hybridized carbons (Fsp3) is 0.474. The zero-order valence-corrected chi connectivity index (χ0v) is 15.7. The van der Waals surface area contributed by atoms with E-state index in [1.807, 2.05) is 7.05 Å². The summed E-state index contributed by atoms with van der Waals surface area (Å²) in [6.45, 7) is 2.46. The summed E-state index contributed by atoms with van der Waals surface area (Å²) in [4.78, 5) is 50.1. The van der Waals surface area contributed by atoms with Gasteiger partial charge in [0.25, 0.3) is 11.8 Å². The molecule has 0 aliphatic carbocycles. The van der Waals surface area contributed by atoms with Gasteiger partial charge < -0.3 is 15.4 Å². The van der Waals surface area contributed by atoms with Crippen LogP contribution in [0.4, 0.5) is 5.69 Å². The van der Waals surface area contributed by atoms with Crippen molar-refractivity contribution in [3.8, 4) is 0 Å². The number of rotatable bonds is 9. The molecule has 1 aromatic rings. The number of imide groups is 2. The molecule has 9 nitrogen and oxygen atoms in total. The molecule has 0 aromatic heterocycles. The van der Waals surface area contributed by atoms with Gasteiger partial charge in [0.15, 0.2) is 0 Å². The second-order valence-corrected chi connectivity index (χ2v) is 6.67. The molecule has 1 unspecified atom stereocenters. The Balaban J connectivity index is 1.66. The normalized spacial score (nSPS) is 19.0. The first-order chi connectivity index (χ1) is 13.5. The maximum Gasteiger partial charge on any atom is 0.264 e. The fourth-order valence-corrected chi connectivity index (χ4v) is 3.37. The summed E-state index contributed by atoms with van der Waals surface area (Å²) in [7, 11) is 1.88. The zero-order chi connectivity index (χ0) is 20.1. The molecule has 0 saturated carbocycles. The molecule has 3 N–H and O–H groups in total. The van der Waals surface area contributed by atoms with E-state index >= 15 is 0 Å². The van der Waals surface area contributed by atoms with Crippen LogP contribution in [0.15, 0.2) is 18.2 Å². The first-order valence-electron chi connectivity index (χ1n) is 9.35. The van der Waals surface area contributed by atoms with E-state index in [2.05, 4.69) is 16.0 Å². The molecule has 9 heteroatoms. The second kappa shape index (κ2) is 8.94. The minimum absolute atomic E-state index is 0.0970. The van der Waals surface area contributed by atoms with Gasteiger partial charge >= 0.3 is 0 Å². The number of benzene rings is 1. The Labute approximate surface area is 162 Å². The lowest BCUT2D eigenvalue weighted by Gasteiger charge is -2.27. The van der Waals surface area contributed by atoms with Crippen molar-refractivity contribution in [3.05, 3.63) is 29.3 Å². The highest BCUT2D eigenvalue weighted by atomic mass is 16.5. The Morgan fingerprint density at radius 1 is 1.14 bits per heavy atom. The summed E-state index contributed by atoms with van der Waals surface area (Å²) >= 11 is 0. The molecule has 1 fully saturated rings. The van der Waals surface area contributed by atoms with E-state index in [4.69, 9.17) is 4.74 Å². The molecule has 0 radical (unpaired) electrons. The molecule has 150 valence electrons. The molecule has 0 bridgehead atoms. The van der Waals surface area contributed by atoms with E-state index in [-0.39, 0.29) is 24.0 Å². The standard InChI is InChI=1S/C19H24N4O5/c1-20-8-3-10-28-11-9-21-13-5-2-4-12-16(13)19(27)23(18(12)26)14-6-7-15(24)22-17(14)25/h2,4-5,14,20-21H,3,6-11H2,1H3,(H,22,24,25). The lowest BCUT2D eigenvalue weighted by atomic mass is 10.0.